The monoisotopic (exact) mass is 790 g/mol. The summed E-state index contributed by atoms with van der Waals surface area (Å²) in [7, 11) is 2.92. The summed E-state index contributed by atoms with van der Waals surface area (Å²) < 4.78 is 61.0. The first-order valence-electron chi connectivity index (χ1n) is 18.8. The SMILES string of the molecule is COc1nc(-c2cccc(-c3cccc4c3CC[C@@H]4Oc3nc(OC)c(CN4C[C@H]5C[C@@]5(C(=O)O)C4)cc3C(F)(F)F)c2Cl)ccc1CNC[C@@H]1CCC(=O)C1. The molecule has 0 amide bonds. The van der Waals surface area contributed by atoms with Crippen molar-refractivity contribution in [3.05, 3.63) is 87.4 Å². The summed E-state index contributed by atoms with van der Waals surface area (Å²) >= 11 is 7.13. The number of halogens is 4. The lowest BCUT2D eigenvalue weighted by Gasteiger charge is -2.23. The minimum atomic E-state index is -4.77. The first-order valence-corrected chi connectivity index (χ1v) is 19.2. The smallest absolute Gasteiger partial charge is 0.421 e. The number of ether oxygens (including phenoxy) is 3. The first-order chi connectivity index (χ1) is 26.9. The molecule has 3 heterocycles. The van der Waals surface area contributed by atoms with Crippen LogP contribution in [0.4, 0.5) is 13.2 Å². The van der Waals surface area contributed by atoms with Gasteiger partial charge in [0.05, 0.1) is 30.4 Å². The Hall–Kier alpha value is -4.72. The summed E-state index contributed by atoms with van der Waals surface area (Å²) in [5, 5.41) is 13.6. The maximum Gasteiger partial charge on any atom is 0.421 e. The third kappa shape index (κ3) is 7.20. The van der Waals surface area contributed by atoms with Crippen molar-refractivity contribution in [2.24, 2.45) is 17.3 Å². The van der Waals surface area contributed by atoms with E-state index < -0.39 is 35.1 Å². The topological polar surface area (TPSA) is 123 Å². The quantitative estimate of drug-likeness (QED) is 0.138. The highest BCUT2D eigenvalue weighted by Crippen LogP contribution is 2.58. The van der Waals surface area contributed by atoms with Crippen LogP contribution in [0.3, 0.4) is 0 Å². The molecule has 0 radical (unpaired) electrons. The number of ketones is 1. The van der Waals surface area contributed by atoms with Crippen LogP contribution in [0.2, 0.25) is 5.02 Å². The summed E-state index contributed by atoms with van der Waals surface area (Å²) in [5.74, 6) is -0.306. The van der Waals surface area contributed by atoms with Crippen molar-refractivity contribution in [3.63, 3.8) is 0 Å². The standard InChI is InChI=1S/C42H42ClF3N4O6/c1-54-37-24(19-47-18-23-9-11-27(51)15-23)10-13-34(48-37)32-8-4-7-31(36(32)43)28-5-3-6-30-29(28)12-14-35(30)56-39-33(42(44,45)46)16-25(38(49-39)55-2)20-50-21-26-17-41(26,22-50)40(52)53/h3-8,10,13,16,23,26,35,47H,9,11-12,14-15,17-22H2,1-2H3,(H,52,53)/t23-,26-,35+,41-/m1/s1. The van der Waals surface area contributed by atoms with Crippen LogP contribution in [0.25, 0.3) is 22.4 Å². The molecule has 4 aromatic rings. The van der Waals surface area contributed by atoms with Crippen molar-refractivity contribution in [1.82, 2.24) is 20.2 Å². The normalized spacial score (nSPS) is 22.9. The Labute approximate surface area is 327 Å². The summed E-state index contributed by atoms with van der Waals surface area (Å²) in [6.07, 6.45) is -1.75. The van der Waals surface area contributed by atoms with Crippen molar-refractivity contribution in [3.8, 4) is 40.0 Å². The number of hydrogen-bond acceptors (Lipinski definition) is 9. The van der Waals surface area contributed by atoms with Gasteiger partial charge in [0, 0.05) is 61.3 Å². The average molecular weight is 791 g/mol. The highest BCUT2D eigenvalue weighted by Gasteiger charge is 2.65. The molecule has 1 aliphatic heterocycles. The number of hydrogen-bond donors (Lipinski definition) is 2. The Morgan fingerprint density at radius 1 is 0.982 bits per heavy atom. The minimum Gasteiger partial charge on any atom is -0.481 e. The van der Waals surface area contributed by atoms with E-state index in [2.05, 4.69) is 10.3 Å². The van der Waals surface area contributed by atoms with Gasteiger partial charge in [0.15, 0.2) is 0 Å². The highest BCUT2D eigenvalue weighted by molar-refractivity contribution is 6.36. The number of carbonyl (C=O) groups excluding carboxylic acids is 1. The van der Waals surface area contributed by atoms with Gasteiger partial charge >= 0.3 is 12.1 Å². The number of alkyl halides is 3. The van der Waals surface area contributed by atoms with Gasteiger partial charge < -0.3 is 24.6 Å². The average Bonchev–Trinajstić information content (AvgIpc) is 3.44. The number of benzene rings is 2. The minimum absolute atomic E-state index is 0.00446. The molecule has 56 heavy (non-hydrogen) atoms. The zero-order valence-electron chi connectivity index (χ0n) is 31.0. The number of aromatic nitrogens is 2. The van der Waals surface area contributed by atoms with Gasteiger partial charge in [0.1, 0.15) is 17.5 Å². The number of carboxylic acid groups (broad SMARTS) is 1. The van der Waals surface area contributed by atoms with Gasteiger partial charge in [0.25, 0.3) is 0 Å². The second-order valence-corrected chi connectivity index (χ2v) is 15.7. The molecule has 3 fully saturated rings. The molecular weight excluding hydrogens is 749 g/mol. The zero-order valence-corrected chi connectivity index (χ0v) is 31.8. The number of methoxy groups -OCH3 is 2. The van der Waals surface area contributed by atoms with E-state index in [0.717, 1.165) is 46.8 Å². The fourth-order valence-corrected chi connectivity index (χ4v) is 9.18. The first kappa shape index (κ1) is 38.2. The van der Waals surface area contributed by atoms with Crippen LogP contribution < -0.4 is 19.5 Å². The Kier molecular flexibility index (Phi) is 10.2. The Bertz CT molecular complexity index is 2200. The van der Waals surface area contributed by atoms with Gasteiger partial charge in [-0.2, -0.15) is 18.2 Å². The molecule has 2 N–H and O–H groups in total. The highest BCUT2D eigenvalue weighted by atomic mass is 35.5. The van der Waals surface area contributed by atoms with Crippen LogP contribution in [0.1, 0.15) is 66.0 Å². The van der Waals surface area contributed by atoms with E-state index in [1.54, 1.807) is 7.11 Å². The molecule has 294 valence electrons. The number of carboxylic acids is 1. The lowest BCUT2D eigenvalue weighted by molar-refractivity contribution is -0.143. The van der Waals surface area contributed by atoms with E-state index in [4.69, 9.17) is 30.8 Å². The summed E-state index contributed by atoms with van der Waals surface area (Å²) in [6.45, 7) is 2.12. The second-order valence-electron chi connectivity index (χ2n) is 15.4. The van der Waals surface area contributed by atoms with Crippen molar-refractivity contribution in [2.45, 2.75) is 63.9 Å². The fraction of sp³-hybridized carbons (Fsp3) is 0.429. The molecule has 0 spiro atoms. The molecule has 4 atom stereocenters. The second kappa shape index (κ2) is 15.0. The molecule has 14 heteroatoms. The van der Waals surface area contributed by atoms with Gasteiger partial charge in [-0.05, 0) is 72.9 Å². The zero-order chi connectivity index (χ0) is 39.4. The van der Waals surface area contributed by atoms with Crippen LogP contribution in [-0.2, 0) is 35.3 Å². The Morgan fingerprint density at radius 2 is 1.73 bits per heavy atom. The number of likely N-dealkylation sites (tertiary alicyclic amines) is 1. The number of fused-ring (bicyclic) bond motifs is 2. The molecule has 8 rings (SSSR count). The number of aliphatic carboxylic acids is 1. The van der Waals surface area contributed by atoms with Gasteiger partial charge in [-0.25, -0.2) is 4.98 Å². The van der Waals surface area contributed by atoms with Crippen molar-refractivity contribution < 1.29 is 42.1 Å². The molecule has 2 aromatic carbocycles. The van der Waals surface area contributed by atoms with Crippen molar-refractivity contribution >= 4 is 23.4 Å². The largest absolute Gasteiger partial charge is 0.481 e. The van der Waals surface area contributed by atoms with Crippen LogP contribution >= 0.6 is 11.6 Å². The molecule has 2 saturated carbocycles. The Balaban J connectivity index is 1.03. The van der Waals surface area contributed by atoms with Crippen LogP contribution in [0.5, 0.6) is 17.6 Å². The molecular formula is C42H42ClF3N4O6. The predicted molar refractivity (Wildman–Crippen MR) is 202 cm³/mol. The molecule has 0 unspecified atom stereocenters. The molecule has 10 nitrogen and oxygen atoms in total. The fourth-order valence-electron chi connectivity index (χ4n) is 8.86. The van der Waals surface area contributed by atoms with Gasteiger partial charge in [-0.15, -0.1) is 0 Å². The number of nitrogens with zero attached hydrogens (tertiary/aromatic N) is 3. The molecule has 3 aliphatic carbocycles. The van der Waals surface area contributed by atoms with Gasteiger partial charge in [0.2, 0.25) is 17.6 Å². The number of Topliss-reactive ketones (excluding diaryl/α,β-unsaturated/α-hetero) is 1. The summed E-state index contributed by atoms with van der Waals surface area (Å²) in [6, 6.07) is 16.2. The third-order valence-electron chi connectivity index (χ3n) is 11.8. The van der Waals surface area contributed by atoms with Crippen LogP contribution in [0, 0.1) is 17.3 Å². The van der Waals surface area contributed by atoms with Crippen LogP contribution in [-0.4, -0.2) is 65.6 Å². The molecule has 0 bridgehead atoms. The van der Waals surface area contributed by atoms with E-state index in [0.29, 0.717) is 79.1 Å². The maximum atomic E-state index is 14.6. The van der Waals surface area contributed by atoms with E-state index >= 15 is 0 Å². The number of pyridine rings is 2. The number of rotatable bonds is 13. The lowest BCUT2D eigenvalue weighted by Crippen LogP contribution is -2.28. The number of piperidine rings is 1. The molecule has 1 saturated heterocycles. The van der Waals surface area contributed by atoms with Crippen LogP contribution in [0.15, 0.2) is 54.6 Å². The third-order valence-corrected chi connectivity index (χ3v) is 12.2. The van der Waals surface area contributed by atoms with Gasteiger partial charge in [-0.1, -0.05) is 54.1 Å². The summed E-state index contributed by atoms with van der Waals surface area (Å²) in [4.78, 5) is 34.3. The summed E-state index contributed by atoms with van der Waals surface area (Å²) in [5.41, 5.74) is 3.86. The van der Waals surface area contributed by atoms with E-state index in [-0.39, 0.29) is 30.5 Å². The number of nitrogens with one attached hydrogen (secondary N) is 1. The van der Waals surface area contributed by atoms with Gasteiger partial charge in [-0.3, -0.25) is 14.5 Å². The molecule has 4 aliphatic rings. The van der Waals surface area contributed by atoms with Crippen molar-refractivity contribution in [1.29, 1.82) is 0 Å². The predicted octanol–water partition coefficient (Wildman–Crippen LogP) is 7.93. The van der Waals surface area contributed by atoms with E-state index in [9.17, 15) is 27.9 Å². The van der Waals surface area contributed by atoms with E-state index in [1.165, 1.54) is 7.11 Å². The molecule has 2 aromatic heterocycles. The number of carbonyl (C=O) groups is 2. The maximum absolute atomic E-state index is 14.6. The van der Waals surface area contributed by atoms with E-state index in [1.807, 2.05) is 53.4 Å². The van der Waals surface area contributed by atoms with Crippen molar-refractivity contribution in [2.75, 3.05) is 33.9 Å². The lowest BCUT2D eigenvalue weighted by atomic mass is 9.94. The Morgan fingerprint density at radius 3 is 2.45 bits per heavy atom.